The standard InChI is InChI=1S/C12H9BrFNO/c13-10-3-1-2-9(6-10)8-16-11-4-5-12(14)15-7-11/h1-7H,8H2. The Balaban J connectivity index is 1.99. The van der Waals surface area contributed by atoms with Gasteiger partial charge in [0.1, 0.15) is 12.4 Å². The molecule has 0 fully saturated rings. The first kappa shape index (κ1) is 11.1. The average molecular weight is 282 g/mol. The van der Waals surface area contributed by atoms with Crippen molar-refractivity contribution >= 4 is 15.9 Å². The third-order valence-electron chi connectivity index (χ3n) is 1.99. The fourth-order valence-corrected chi connectivity index (χ4v) is 1.69. The van der Waals surface area contributed by atoms with E-state index in [0.29, 0.717) is 12.4 Å². The highest BCUT2D eigenvalue weighted by Gasteiger charge is 1.97. The van der Waals surface area contributed by atoms with Crippen molar-refractivity contribution < 1.29 is 9.13 Å². The summed E-state index contributed by atoms with van der Waals surface area (Å²) < 4.78 is 19.0. The molecule has 2 aromatic rings. The van der Waals surface area contributed by atoms with Crippen molar-refractivity contribution in [2.45, 2.75) is 6.61 Å². The lowest BCUT2D eigenvalue weighted by molar-refractivity contribution is 0.304. The van der Waals surface area contributed by atoms with Crippen LogP contribution in [0.2, 0.25) is 0 Å². The second-order valence-electron chi connectivity index (χ2n) is 3.24. The van der Waals surface area contributed by atoms with Gasteiger partial charge >= 0.3 is 0 Å². The molecule has 0 saturated carbocycles. The summed E-state index contributed by atoms with van der Waals surface area (Å²) in [4.78, 5) is 3.51. The second kappa shape index (κ2) is 5.07. The van der Waals surface area contributed by atoms with Gasteiger partial charge in [0.25, 0.3) is 0 Å². The molecule has 0 radical (unpaired) electrons. The number of benzene rings is 1. The van der Waals surface area contributed by atoms with Crippen LogP contribution < -0.4 is 4.74 Å². The van der Waals surface area contributed by atoms with E-state index in [2.05, 4.69) is 20.9 Å². The number of pyridine rings is 1. The van der Waals surface area contributed by atoms with Crippen LogP contribution in [0.5, 0.6) is 5.75 Å². The van der Waals surface area contributed by atoms with E-state index in [1.165, 1.54) is 12.3 Å². The molecule has 0 aliphatic heterocycles. The van der Waals surface area contributed by atoms with E-state index < -0.39 is 5.95 Å². The lowest BCUT2D eigenvalue weighted by Crippen LogP contribution is -1.96. The number of rotatable bonds is 3. The molecule has 0 amide bonds. The van der Waals surface area contributed by atoms with Gasteiger partial charge in [0.2, 0.25) is 5.95 Å². The summed E-state index contributed by atoms with van der Waals surface area (Å²) in [6.07, 6.45) is 1.37. The molecule has 0 spiro atoms. The first-order valence-corrected chi connectivity index (χ1v) is 5.52. The highest BCUT2D eigenvalue weighted by atomic mass is 79.9. The van der Waals surface area contributed by atoms with Gasteiger partial charge in [0.15, 0.2) is 0 Å². The molecule has 0 unspecified atom stereocenters. The van der Waals surface area contributed by atoms with Gasteiger partial charge in [-0.1, -0.05) is 28.1 Å². The number of hydrogen-bond donors (Lipinski definition) is 0. The van der Waals surface area contributed by atoms with Crippen LogP contribution in [0.15, 0.2) is 47.1 Å². The third kappa shape index (κ3) is 3.03. The van der Waals surface area contributed by atoms with Gasteiger partial charge in [-0.15, -0.1) is 0 Å². The van der Waals surface area contributed by atoms with Gasteiger partial charge in [-0.2, -0.15) is 4.39 Å². The van der Waals surface area contributed by atoms with E-state index in [0.717, 1.165) is 10.0 Å². The van der Waals surface area contributed by atoms with Crippen molar-refractivity contribution in [3.8, 4) is 5.75 Å². The zero-order chi connectivity index (χ0) is 11.4. The maximum Gasteiger partial charge on any atom is 0.213 e. The Morgan fingerprint density at radius 1 is 1.25 bits per heavy atom. The maximum atomic E-state index is 12.5. The summed E-state index contributed by atoms with van der Waals surface area (Å²) >= 11 is 3.38. The highest BCUT2D eigenvalue weighted by molar-refractivity contribution is 9.10. The molecule has 16 heavy (non-hydrogen) atoms. The minimum absolute atomic E-state index is 0.437. The molecular weight excluding hydrogens is 273 g/mol. The number of hydrogen-bond acceptors (Lipinski definition) is 2. The quantitative estimate of drug-likeness (QED) is 0.803. The zero-order valence-corrected chi connectivity index (χ0v) is 9.95. The van der Waals surface area contributed by atoms with Crippen LogP contribution in [0.3, 0.4) is 0 Å². The van der Waals surface area contributed by atoms with Crippen molar-refractivity contribution in [1.82, 2.24) is 4.98 Å². The lowest BCUT2D eigenvalue weighted by Gasteiger charge is -2.05. The minimum atomic E-state index is -0.505. The van der Waals surface area contributed by atoms with Crippen molar-refractivity contribution in [2.24, 2.45) is 0 Å². The predicted molar refractivity (Wildman–Crippen MR) is 62.7 cm³/mol. The van der Waals surface area contributed by atoms with Gasteiger partial charge < -0.3 is 4.74 Å². The summed E-state index contributed by atoms with van der Waals surface area (Å²) in [6, 6.07) is 10.6. The minimum Gasteiger partial charge on any atom is -0.487 e. The zero-order valence-electron chi connectivity index (χ0n) is 8.36. The topological polar surface area (TPSA) is 22.1 Å². The van der Waals surface area contributed by atoms with Crippen LogP contribution in [0, 0.1) is 5.95 Å². The van der Waals surface area contributed by atoms with Crippen LogP contribution in [0.1, 0.15) is 5.56 Å². The normalized spacial score (nSPS) is 10.1. The molecule has 0 aliphatic carbocycles. The van der Waals surface area contributed by atoms with Crippen LogP contribution in [-0.2, 0) is 6.61 Å². The van der Waals surface area contributed by atoms with Gasteiger partial charge in [-0.25, -0.2) is 4.98 Å². The van der Waals surface area contributed by atoms with Crippen LogP contribution in [0.4, 0.5) is 4.39 Å². The number of ether oxygens (including phenoxy) is 1. The van der Waals surface area contributed by atoms with Crippen LogP contribution in [-0.4, -0.2) is 4.98 Å². The number of halogens is 2. The Bertz CT molecular complexity index is 473. The monoisotopic (exact) mass is 281 g/mol. The van der Waals surface area contributed by atoms with Crippen molar-refractivity contribution in [3.63, 3.8) is 0 Å². The van der Waals surface area contributed by atoms with Crippen molar-refractivity contribution in [2.75, 3.05) is 0 Å². The molecule has 1 aromatic carbocycles. The van der Waals surface area contributed by atoms with E-state index in [1.807, 2.05) is 24.3 Å². The molecule has 2 nitrogen and oxygen atoms in total. The number of aromatic nitrogens is 1. The van der Waals surface area contributed by atoms with E-state index in [1.54, 1.807) is 6.07 Å². The Morgan fingerprint density at radius 2 is 2.12 bits per heavy atom. The van der Waals surface area contributed by atoms with Gasteiger partial charge in [-0.05, 0) is 29.8 Å². The molecule has 82 valence electrons. The Labute approximate surface area is 101 Å². The summed E-state index contributed by atoms with van der Waals surface area (Å²) in [6.45, 7) is 0.437. The fraction of sp³-hybridized carbons (Fsp3) is 0.0833. The lowest BCUT2D eigenvalue weighted by atomic mass is 10.2. The molecule has 0 aliphatic rings. The largest absolute Gasteiger partial charge is 0.487 e. The SMILES string of the molecule is Fc1ccc(OCc2cccc(Br)c2)cn1. The van der Waals surface area contributed by atoms with Crippen molar-refractivity contribution in [1.29, 1.82) is 0 Å². The van der Waals surface area contributed by atoms with Crippen LogP contribution >= 0.6 is 15.9 Å². The number of nitrogens with zero attached hydrogens (tertiary/aromatic N) is 1. The van der Waals surface area contributed by atoms with Gasteiger partial charge in [-0.3, -0.25) is 0 Å². The van der Waals surface area contributed by atoms with Crippen LogP contribution in [0.25, 0.3) is 0 Å². The molecule has 0 bridgehead atoms. The molecule has 2 rings (SSSR count). The van der Waals surface area contributed by atoms with E-state index in [4.69, 9.17) is 4.74 Å². The van der Waals surface area contributed by atoms with Gasteiger partial charge in [0, 0.05) is 4.47 Å². The summed E-state index contributed by atoms with van der Waals surface area (Å²) in [5, 5.41) is 0. The predicted octanol–water partition coefficient (Wildman–Crippen LogP) is 3.56. The molecule has 0 atom stereocenters. The Kier molecular flexibility index (Phi) is 3.51. The summed E-state index contributed by atoms with van der Waals surface area (Å²) in [7, 11) is 0. The smallest absolute Gasteiger partial charge is 0.213 e. The first-order valence-electron chi connectivity index (χ1n) is 4.73. The Hall–Kier alpha value is -1.42. The maximum absolute atomic E-state index is 12.5. The fourth-order valence-electron chi connectivity index (χ4n) is 1.24. The molecule has 1 aromatic heterocycles. The van der Waals surface area contributed by atoms with E-state index in [9.17, 15) is 4.39 Å². The first-order chi connectivity index (χ1) is 7.74. The molecule has 1 heterocycles. The Morgan fingerprint density at radius 3 is 2.81 bits per heavy atom. The van der Waals surface area contributed by atoms with Gasteiger partial charge in [0.05, 0.1) is 6.20 Å². The summed E-state index contributed by atoms with van der Waals surface area (Å²) in [5.74, 6) is 0.0520. The molecule has 4 heteroatoms. The van der Waals surface area contributed by atoms with E-state index in [-0.39, 0.29) is 0 Å². The molecule has 0 saturated heterocycles. The van der Waals surface area contributed by atoms with E-state index >= 15 is 0 Å². The average Bonchev–Trinajstić information content (AvgIpc) is 2.28. The highest BCUT2D eigenvalue weighted by Crippen LogP contribution is 2.15. The molecular formula is C12H9BrFNO. The molecule has 0 N–H and O–H groups in total. The second-order valence-corrected chi connectivity index (χ2v) is 4.15. The van der Waals surface area contributed by atoms with Crippen molar-refractivity contribution in [3.05, 3.63) is 58.6 Å². The summed E-state index contributed by atoms with van der Waals surface area (Å²) in [5.41, 5.74) is 1.04. The third-order valence-corrected chi connectivity index (χ3v) is 2.49.